The minimum Gasteiger partial charge on any atom is -0.373 e. The number of piperidine rings is 1. The average Bonchev–Trinajstić information content (AvgIpc) is 3.24. The summed E-state index contributed by atoms with van der Waals surface area (Å²) in [4.78, 5) is 22.6. The Hall–Kier alpha value is -2.18. The summed E-state index contributed by atoms with van der Waals surface area (Å²) in [7, 11) is 1.93. The number of rotatable bonds is 5. The molecule has 2 aromatic heterocycles. The largest absolute Gasteiger partial charge is 0.373 e. The molecule has 0 radical (unpaired) electrons. The van der Waals surface area contributed by atoms with Gasteiger partial charge in [0, 0.05) is 68.7 Å². The third-order valence-electron chi connectivity index (χ3n) is 6.87. The van der Waals surface area contributed by atoms with Crippen molar-refractivity contribution in [2.24, 2.45) is 5.92 Å². The fourth-order valence-electron chi connectivity index (χ4n) is 5.55. The van der Waals surface area contributed by atoms with E-state index in [9.17, 15) is 4.79 Å². The standard InChI is InChI=1S/C23H31N5O/c1-24-22-18(5-4-8-25-22)14-27-12-17-11-20(16-27)21-7-6-19(23(29)28(21)13-17)15-26-9-2-3-10-26/h4-8,17,20H,2-3,9-16H2,1H3,(H,24,25)/t17-,20+/m0/s1. The summed E-state index contributed by atoms with van der Waals surface area (Å²) in [5.41, 5.74) is 3.71. The van der Waals surface area contributed by atoms with Crippen LogP contribution in [0.2, 0.25) is 0 Å². The lowest BCUT2D eigenvalue weighted by Gasteiger charge is -2.43. The summed E-state index contributed by atoms with van der Waals surface area (Å²) in [5, 5.41) is 3.21. The summed E-state index contributed by atoms with van der Waals surface area (Å²) in [6.07, 6.45) is 5.56. The van der Waals surface area contributed by atoms with Gasteiger partial charge < -0.3 is 9.88 Å². The van der Waals surface area contributed by atoms with Crippen LogP contribution < -0.4 is 10.9 Å². The lowest BCUT2D eigenvalue weighted by atomic mass is 9.82. The van der Waals surface area contributed by atoms with Crippen LogP contribution in [0.5, 0.6) is 0 Å². The van der Waals surface area contributed by atoms with E-state index < -0.39 is 0 Å². The Balaban J connectivity index is 1.35. The topological polar surface area (TPSA) is 53.4 Å². The number of aromatic nitrogens is 2. The lowest BCUT2D eigenvalue weighted by molar-refractivity contribution is 0.114. The van der Waals surface area contributed by atoms with Crippen molar-refractivity contribution < 1.29 is 0 Å². The molecule has 0 aliphatic carbocycles. The molecule has 29 heavy (non-hydrogen) atoms. The van der Waals surface area contributed by atoms with Gasteiger partial charge in [-0.3, -0.25) is 14.6 Å². The molecule has 0 amide bonds. The van der Waals surface area contributed by atoms with Crippen molar-refractivity contribution in [3.05, 3.63) is 57.6 Å². The van der Waals surface area contributed by atoms with E-state index >= 15 is 0 Å². The van der Waals surface area contributed by atoms with Crippen molar-refractivity contribution in [2.45, 2.75) is 44.8 Å². The molecule has 5 heterocycles. The molecule has 6 heteroatoms. The second-order valence-corrected chi connectivity index (χ2v) is 8.94. The highest BCUT2D eigenvalue weighted by atomic mass is 16.1. The van der Waals surface area contributed by atoms with E-state index in [4.69, 9.17) is 0 Å². The Labute approximate surface area is 172 Å². The van der Waals surface area contributed by atoms with Gasteiger partial charge in [-0.2, -0.15) is 0 Å². The van der Waals surface area contributed by atoms with Gasteiger partial charge in [-0.15, -0.1) is 0 Å². The number of likely N-dealkylation sites (tertiary alicyclic amines) is 2. The first-order valence-corrected chi connectivity index (χ1v) is 11.0. The van der Waals surface area contributed by atoms with Gasteiger partial charge >= 0.3 is 0 Å². The van der Waals surface area contributed by atoms with Gasteiger partial charge in [-0.05, 0) is 50.4 Å². The molecule has 154 valence electrons. The number of nitrogens with zero attached hydrogens (tertiary/aromatic N) is 4. The van der Waals surface area contributed by atoms with Crippen LogP contribution in [0.25, 0.3) is 0 Å². The Bertz CT molecular complexity index is 933. The monoisotopic (exact) mass is 393 g/mol. The summed E-state index contributed by atoms with van der Waals surface area (Å²) in [6, 6.07) is 8.51. The highest BCUT2D eigenvalue weighted by molar-refractivity contribution is 5.42. The first kappa shape index (κ1) is 18.8. The van der Waals surface area contributed by atoms with Crippen LogP contribution in [-0.4, -0.2) is 52.6 Å². The van der Waals surface area contributed by atoms with Gasteiger partial charge in [0.1, 0.15) is 5.82 Å². The molecule has 0 spiro atoms. The number of anilines is 1. The third kappa shape index (κ3) is 3.71. The molecule has 0 aromatic carbocycles. The number of hydrogen-bond donors (Lipinski definition) is 1. The molecular formula is C23H31N5O. The Morgan fingerprint density at radius 3 is 2.69 bits per heavy atom. The van der Waals surface area contributed by atoms with Crippen LogP contribution in [0.4, 0.5) is 5.82 Å². The second kappa shape index (κ2) is 7.92. The number of fused-ring (bicyclic) bond motifs is 4. The third-order valence-corrected chi connectivity index (χ3v) is 6.87. The van der Waals surface area contributed by atoms with Crippen molar-refractivity contribution in [1.82, 2.24) is 19.4 Å². The molecule has 2 aromatic rings. The molecule has 3 aliphatic heterocycles. The fourth-order valence-corrected chi connectivity index (χ4v) is 5.55. The van der Waals surface area contributed by atoms with Gasteiger partial charge in [0.05, 0.1) is 0 Å². The summed E-state index contributed by atoms with van der Waals surface area (Å²) < 4.78 is 2.10. The average molecular weight is 394 g/mol. The van der Waals surface area contributed by atoms with Crippen LogP contribution in [0.15, 0.2) is 35.3 Å². The van der Waals surface area contributed by atoms with E-state index in [0.717, 1.165) is 57.2 Å². The molecule has 2 fully saturated rings. The molecule has 2 bridgehead atoms. The highest BCUT2D eigenvalue weighted by Crippen LogP contribution is 2.36. The molecule has 0 saturated carbocycles. The van der Waals surface area contributed by atoms with Gasteiger partial charge in [-0.1, -0.05) is 12.1 Å². The molecule has 6 nitrogen and oxygen atoms in total. The number of hydrogen-bond acceptors (Lipinski definition) is 5. The molecule has 5 rings (SSSR count). The maximum Gasteiger partial charge on any atom is 0.255 e. The molecule has 2 atom stereocenters. The van der Waals surface area contributed by atoms with E-state index in [0.29, 0.717) is 11.8 Å². The zero-order valence-corrected chi connectivity index (χ0v) is 17.3. The van der Waals surface area contributed by atoms with Crippen LogP contribution in [0.3, 0.4) is 0 Å². The highest BCUT2D eigenvalue weighted by Gasteiger charge is 2.35. The van der Waals surface area contributed by atoms with Crippen molar-refractivity contribution in [2.75, 3.05) is 38.5 Å². The SMILES string of the molecule is CNc1ncccc1CN1C[C@@H]2C[C@H](C1)c1ccc(CN3CCCC3)c(=O)n1C2. The Morgan fingerprint density at radius 1 is 1.03 bits per heavy atom. The zero-order chi connectivity index (χ0) is 19.8. The van der Waals surface area contributed by atoms with Gasteiger partial charge in [0.15, 0.2) is 0 Å². The second-order valence-electron chi connectivity index (χ2n) is 8.94. The Morgan fingerprint density at radius 2 is 1.86 bits per heavy atom. The quantitative estimate of drug-likeness (QED) is 0.846. The molecule has 2 saturated heterocycles. The van der Waals surface area contributed by atoms with E-state index in [1.54, 1.807) is 0 Å². The minimum absolute atomic E-state index is 0.252. The summed E-state index contributed by atoms with van der Waals surface area (Å²) in [6.45, 7) is 6.91. The van der Waals surface area contributed by atoms with Crippen LogP contribution in [0.1, 0.15) is 42.0 Å². The zero-order valence-electron chi connectivity index (χ0n) is 17.3. The Kier molecular flexibility index (Phi) is 5.14. The van der Waals surface area contributed by atoms with Gasteiger partial charge in [0.25, 0.3) is 5.56 Å². The molecule has 0 unspecified atom stereocenters. The first-order chi connectivity index (χ1) is 14.2. The fraction of sp³-hybridized carbons (Fsp3) is 0.565. The van der Waals surface area contributed by atoms with Crippen molar-refractivity contribution in [3.63, 3.8) is 0 Å². The van der Waals surface area contributed by atoms with E-state index in [-0.39, 0.29) is 5.56 Å². The first-order valence-electron chi connectivity index (χ1n) is 11.0. The molecular weight excluding hydrogens is 362 g/mol. The number of nitrogens with one attached hydrogen (secondary N) is 1. The van der Waals surface area contributed by atoms with E-state index in [1.807, 2.05) is 19.3 Å². The van der Waals surface area contributed by atoms with Crippen LogP contribution in [0, 0.1) is 5.92 Å². The summed E-state index contributed by atoms with van der Waals surface area (Å²) in [5.74, 6) is 1.97. The normalized spacial score (nSPS) is 24.4. The maximum atomic E-state index is 13.2. The molecule has 3 aliphatic rings. The van der Waals surface area contributed by atoms with Gasteiger partial charge in [0.2, 0.25) is 0 Å². The lowest BCUT2D eigenvalue weighted by Crippen LogP contribution is -2.47. The predicted molar refractivity (Wildman–Crippen MR) is 115 cm³/mol. The molecule has 1 N–H and O–H groups in total. The van der Waals surface area contributed by atoms with Crippen molar-refractivity contribution >= 4 is 5.82 Å². The van der Waals surface area contributed by atoms with Crippen LogP contribution >= 0.6 is 0 Å². The van der Waals surface area contributed by atoms with Crippen LogP contribution in [-0.2, 0) is 19.6 Å². The smallest absolute Gasteiger partial charge is 0.255 e. The van der Waals surface area contributed by atoms with Crippen molar-refractivity contribution in [3.8, 4) is 0 Å². The summed E-state index contributed by atoms with van der Waals surface area (Å²) >= 11 is 0. The van der Waals surface area contributed by atoms with Crippen molar-refractivity contribution in [1.29, 1.82) is 0 Å². The van der Waals surface area contributed by atoms with E-state index in [1.165, 1.54) is 30.5 Å². The van der Waals surface area contributed by atoms with Gasteiger partial charge in [-0.25, -0.2) is 4.98 Å². The maximum absolute atomic E-state index is 13.2. The number of pyridine rings is 2. The minimum atomic E-state index is 0.252. The predicted octanol–water partition coefficient (Wildman–Crippen LogP) is 2.50. The van der Waals surface area contributed by atoms with E-state index in [2.05, 4.69) is 42.9 Å².